The Morgan fingerprint density at radius 2 is 0.979 bits per heavy atom. The van der Waals surface area contributed by atoms with Crippen molar-refractivity contribution in [2.24, 2.45) is 0 Å². The highest BCUT2D eigenvalue weighted by atomic mass is 127. The molecule has 0 spiro atoms. The summed E-state index contributed by atoms with van der Waals surface area (Å²) in [5.41, 5.74) is 7.53. The van der Waals surface area contributed by atoms with Crippen molar-refractivity contribution in [1.82, 2.24) is 5.32 Å². The second kappa shape index (κ2) is 54.6. The van der Waals surface area contributed by atoms with Crippen LogP contribution in [0.2, 0.25) is 30.1 Å². The molecule has 0 saturated carbocycles. The summed E-state index contributed by atoms with van der Waals surface area (Å²) in [4.78, 5) is 127. The fraction of sp³-hybridized carbons (Fsp3) is 0.118. The smallest absolute Gasteiger partial charge is 0.347 e. The van der Waals surface area contributed by atoms with Gasteiger partial charge in [0.2, 0.25) is 12.4 Å². The van der Waals surface area contributed by atoms with Crippen LogP contribution in [0.4, 0.5) is 0 Å². The van der Waals surface area contributed by atoms with Gasteiger partial charge in [-0.2, -0.15) is 0 Å². The number of carbonyl (C=O) groups excluding carboxylic acids is 6. The summed E-state index contributed by atoms with van der Waals surface area (Å²) in [5.74, 6) is -5.78. The largest absolute Gasteiger partial charge is 0.480 e. The molecule has 10 N–H and O–H groups in total. The van der Waals surface area contributed by atoms with Gasteiger partial charge >= 0.3 is 41.8 Å². The number of carboxylic acids is 5. The number of Topliss-reactive ketones (excluding diaryl/α,β-unsaturated/α-hetero) is 2. The van der Waals surface area contributed by atoms with Gasteiger partial charge in [-0.3, -0.25) is 19.2 Å². The molecule has 15 aromatic rings. The maximum Gasteiger partial charge on any atom is 0.347 e. The number of ether oxygens (including phenoxy) is 5. The number of hydrogen-bond acceptors (Lipinski definition) is 20. The first-order valence-electron chi connectivity index (χ1n) is 43.4. The Balaban J connectivity index is 0.000000207. The highest BCUT2D eigenvalue weighted by molar-refractivity contribution is 14.0. The van der Waals surface area contributed by atoms with Gasteiger partial charge < -0.3 is 75.0 Å². The first-order valence-corrected chi connectivity index (χ1v) is 45.8. The van der Waals surface area contributed by atoms with Crippen molar-refractivity contribution in [3.05, 3.63) is 429 Å². The minimum Gasteiger partial charge on any atom is -0.480 e. The third kappa shape index (κ3) is 27.9. The third-order valence-corrected chi connectivity index (χ3v) is 24.3. The lowest BCUT2D eigenvalue weighted by Crippen LogP contribution is -2.57. The maximum absolute atomic E-state index is 13.3. The monoisotopic (exact) mass is 2450 g/mol. The van der Waals surface area contributed by atoms with Crippen LogP contribution in [0, 0.1) is 0 Å². The van der Waals surface area contributed by atoms with E-state index in [4.69, 9.17) is 115 Å². The minimum atomic E-state index is -1.79. The van der Waals surface area contributed by atoms with Crippen molar-refractivity contribution in [1.29, 1.82) is 0 Å². The Hall–Kier alpha value is -12.8. The number of hydrogen-bond donors (Lipinski definition) is 10. The number of carbonyl (C=O) groups is 11. The zero-order valence-corrected chi connectivity index (χ0v) is 88.6. The van der Waals surface area contributed by atoms with E-state index in [0.717, 1.165) is 61.0 Å². The van der Waals surface area contributed by atoms with Crippen LogP contribution in [0.5, 0.6) is 17.2 Å². The average molecular weight is 2450 g/mol. The molecule has 6 unspecified atom stereocenters. The van der Waals surface area contributed by atoms with Crippen molar-refractivity contribution >= 4 is 259 Å². The van der Waals surface area contributed by atoms with Crippen LogP contribution < -0.4 is 19.5 Å². The Labute approximate surface area is 921 Å². The van der Waals surface area contributed by atoms with Crippen LogP contribution in [-0.4, -0.2) is 163 Å². The molecule has 0 fully saturated rings. The summed E-state index contributed by atoms with van der Waals surface area (Å²) in [5, 5.41) is 94.8. The number of cyclic esters (lactones) is 1. The SMILES string of the molecule is C.C/C(Cc1ccccc1)=C1/OC(=O)c2ccccc21.COC(=O)C1(O)c2ccccc2-c2ccc(Cl)cc21.I.I.I.O=C(CC(=O)c1ccccc1C(=O)O)c1ccccc1.O=C(O)COc1ccc(Cl)cc1Cl.O=C(O)c1c(Cl)ccc(Cl)c1Cl.O=C(O)c1ccccc1.O=C(O)c1ccccc1C(=O)c1ccc2ccc3cccc4ccc1c2c34.O=C1NC2C(=CC(O)C(O)C2O)c2cc3c(cc21)OCO3.[2H]CP. The second-order valence-corrected chi connectivity index (χ2v) is 33.8. The number of rotatable bonds is 16. The number of aliphatic hydroxyl groups excluding tert-OH is 3. The number of aromatic carboxylic acids is 4. The molecule has 1 amide bonds. The van der Waals surface area contributed by atoms with Crippen LogP contribution in [0.15, 0.2) is 315 Å². The van der Waals surface area contributed by atoms with E-state index in [1.807, 2.05) is 79.7 Å². The Bertz CT molecular complexity index is 7440. The number of amides is 1. The number of methoxy groups -OCH3 is 1. The van der Waals surface area contributed by atoms with Gasteiger partial charge in [-0.1, -0.05) is 296 Å². The lowest BCUT2D eigenvalue weighted by Gasteiger charge is -2.39. The molecule has 6 atom stereocenters. The molecular weight excluding hydrogens is 2360 g/mol. The van der Waals surface area contributed by atoms with Gasteiger partial charge in [0.15, 0.2) is 35.5 Å². The molecule has 0 saturated heterocycles. The van der Waals surface area contributed by atoms with Crippen molar-refractivity contribution < 1.29 is 124 Å². The molecule has 0 radical (unpaired) electrons. The van der Waals surface area contributed by atoms with Gasteiger partial charge in [0, 0.05) is 50.4 Å². The molecular formula is C110H91Cl6I3NO25P. The summed E-state index contributed by atoms with van der Waals surface area (Å²) >= 11 is 34.1. The minimum absolute atomic E-state index is 0. The number of esters is 2. The molecule has 26 nitrogen and oxygen atoms in total. The van der Waals surface area contributed by atoms with E-state index in [0.29, 0.717) is 94.8 Å². The number of halogens is 9. The number of aliphatic carboxylic acids is 1. The molecule has 15 aromatic carbocycles. The first kappa shape index (κ1) is 117. The van der Waals surface area contributed by atoms with E-state index in [9.17, 15) is 78.3 Å². The average Bonchev–Trinajstić information content (AvgIpc) is 1.57. The quantitative estimate of drug-likeness (QED) is 0.00817. The summed E-state index contributed by atoms with van der Waals surface area (Å²) in [6.45, 7) is 2.10. The summed E-state index contributed by atoms with van der Waals surface area (Å²) in [6.07, 6.45) is -1.91. The van der Waals surface area contributed by atoms with E-state index < -0.39 is 78.2 Å². The standard InChI is InChI=1S/C24H14O3.C17H14O2.C16H12O4.C15H11ClO3.C14H13NO6.C8H6Cl2O3.C7H3Cl3O2.C7H6O2.CH5P.CH4.3HI/c25-23(18-6-1-2-7-20(18)24(26)27)19-13-11-16-9-8-14-4-3-5-15-10-12-17(19)22(16)21(14)15;1-12(11-13-7-3-2-4-8-13)16-14-9-5-6-10-15(14)17(18)19-16;17-14(11-6-2-1-3-7-11)10-15(18)12-8-4-5-9-13(12)16(19)20;1-19-14(17)15(18)12-5-3-2-4-10(12)11-7-6-9(16)8-13(11)15;16-8-1-6-5-2-9-10(21-4-20-9)3-7(5)14(19)15-11(6)13(18)12(8)17;9-5-1-2-7(6(10)3-5)13-4-8(11)12;8-3-1-2-4(9)6(10)5(3)7(11)12;8-7(9)6-4-2-1-3-5-6;1-2;;;;/h1-13H,(H,26,27);2-10H,11H2,1H3;1-9H,10H2,(H,19,20);2-8,18H,1H3;1-3,8,11-13,16-18H,4H2,(H,15,19);1-3H,4H2,(H,11,12);1-2H,(H,11,12);1-5H,(H,8,9);2H2,1H3;1H4;3*1H/b;16-12-;;;;;;;;;;;/i;;;;;;;;1D;;;;. The van der Waals surface area contributed by atoms with Gasteiger partial charge in [-0.15, -0.1) is 81.2 Å². The molecule has 3 aliphatic heterocycles. The zero-order valence-electron chi connectivity index (χ0n) is 76.9. The van der Waals surface area contributed by atoms with Gasteiger partial charge in [0.1, 0.15) is 29.8 Å². The lowest BCUT2D eigenvalue weighted by atomic mass is 9.79. The number of aliphatic hydroxyl groups is 4. The molecule has 0 aromatic heterocycles. The second-order valence-electron chi connectivity index (χ2n) is 31.3. The molecule has 754 valence electrons. The van der Waals surface area contributed by atoms with E-state index in [-0.39, 0.29) is 159 Å². The van der Waals surface area contributed by atoms with Crippen molar-refractivity contribution in [2.45, 2.75) is 57.1 Å². The number of fused-ring (bicyclic) bond motifs is 8. The van der Waals surface area contributed by atoms with Gasteiger partial charge in [-0.25, -0.2) is 33.6 Å². The summed E-state index contributed by atoms with van der Waals surface area (Å²) in [7, 11) is 3.50. The van der Waals surface area contributed by atoms with Crippen LogP contribution in [0.3, 0.4) is 0 Å². The Morgan fingerprint density at radius 3 is 1.55 bits per heavy atom. The highest BCUT2D eigenvalue weighted by Gasteiger charge is 2.49. The molecule has 146 heavy (non-hydrogen) atoms. The molecule has 2 aliphatic carbocycles. The van der Waals surface area contributed by atoms with Crippen molar-refractivity contribution in [2.75, 3.05) is 27.2 Å². The van der Waals surface area contributed by atoms with E-state index in [2.05, 4.69) is 51.0 Å². The fourth-order valence-corrected chi connectivity index (χ4v) is 17.1. The number of ketones is 3. The maximum atomic E-state index is 13.3. The van der Waals surface area contributed by atoms with Gasteiger partial charge in [-0.05, 0) is 176 Å². The molecule has 36 heteroatoms. The highest BCUT2D eigenvalue weighted by Crippen LogP contribution is 2.50. The van der Waals surface area contributed by atoms with Crippen LogP contribution in [0.1, 0.15) is 149 Å². The predicted molar refractivity (Wildman–Crippen MR) is 596 cm³/mol. The van der Waals surface area contributed by atoms with E-state index >= 15 is 0 Å². The van der Waals surface area contributed by atoms with Crippen LogP contribution in [0.25, 0.3) is 54.8 Å². The Kier molecular flexibility index (Phi) is 43.6. The Morgan fingerprint density at radius 1 is 0.479 bits per heavy atom. The normalized spacial score (nSPS) is 15.2. The fourth-order valence-electron chi connectivity index (χ4n) is 15.8. The number of carboxylic acid groups (broad SMARTS) is 5. The van der Waals surface area contributed by atoms with E-state index in [1.54, 1.807) is 152 Å². The number of nitrogens with one attached hydrogen (secondary N) is 1. The molecule has 0 bridgehead atoms. The van der Waals surface area contributed by atoms with E-state index in [1.165, 1.54) is 61.2 Å². The van der Waals surface area contributed by atoms with Gasteiger partial charge in [0.25, 0.3) is 5.91 Å². The summed E-state index contributed by atoms with van der Waals surface area (Å²) < 4.78 is 31.7. The predicted octanol–water partition coefficient (Wildman–Crippen LogP) is 24.1. The first-order chi connectivity index (χ1) is 68.5. The number of benzene rings is 15. The van der Waals surface area contributed by atoms with Gasteiger partial charge in [0.05, 0.1) is 73.0 Å². The zero-order chi connectivity index (χ0) is 103. The number of allylic oxidation sites excluding steroid dienone is 1. The third-order valence-electron chi connectivity index (χ3n) is 22.4. The summed E-state index contributed by atoms with van der Waals surface area (Å²) in [6, 6.07) is 87.0. The van der Waals surface area contributed by atoms with Crippen LogP contribution in [-0.2, 0) is 31.1 Å². The molecule has 3 heterocycles. The molecule has 20 rings (SSSR count). The van der Waals surface area contributed by atoms with Crippen LogP contribution >= 0.6 is 151 Å². The van der Waals surface area contributed by atoms with Crippen molar-refractivity contribution in [3.63, 3.8) is 0 Å². The molecule has 5 aliphatic rings. The van der Waals surface area contributed by atoms with Crippen molar-refractivity contribution in [3.8, 4) is 28.4 Å². The lowest BCUT2D eigenvalue weighted by molar-refractivity contribution is -0.158. The topological polar surface area (TPSA) is 428 Å².